The van der Waals surface area contributed by atoms with Crippen molar-refractivity contribution in [3.8, 4) is 0 Å². The zero-order valence-electron chi connectivity index (χ0n) is 10.3. The minimum absolute atomic E-state index is 0.278. The summed E-state index contributed by atoms with van der Waals surface area (Å²) in [4.78, 5) is 17.4. The number of hydrogen-bond acceptors (Lipinski definition) is 3. The third kappa shape index (κ3) is 6.73. The number of H-pyrrole nitrogens is 1. The van der Waals surface area contributed by atoms with Crippen LogP contribution < -0.4 is 5.32 Å². The van der Waals surface area contributed by atoms with Crippen molar-refractivity contribution in [2.24, 2.45) is 0 Å². The first-order valence-corrected chi connectivity index (χ1v) is 6.11. The molecule has 1 rings (SSSR count). The van der Waals surface area contributed by atoms with Gasteiger partial charge >= 0.3 is 5.97 Å². The number of unbranched alkanes of at least 4 members (excludes halogenated alkanes) is 1. The number of aliphatic carboxylic acids is 1. The zero-order valence-corrected chi connectivity index (χ0v) is 10.3. The van der Waals surface area contributed by atoms with Crippen LogP contribution in [0.1, 0.15) is 38.3 Å². The van der Waals surface area contributed by atoms with E-state index in [1.807, 2.05) is 6.20 Å². The lowest BCUT2D eigenvalue weighted by atomic mass is 10.1. The number of imidazole rings is 1. The second kappa shape index (κ2) is 7.84. The molecule has 0 spiro atoms. The summed E-state index contributed by atoms with van der Waals surface area (Å²) < 4.78 is 0. The van der Waals surface area contributed by atoms with Crippen molar-refractivity contribution in [3.05, 3.63) is 18.2 Å². The van der Waals surface area contributed by atoms with Gasteiger partial charge in [0.1, 0.15) is 0 Å². The van der Waals surface area contributed by atoms with Crippen LogP contribution in [-0.2, 0) is 11.2 Å². The van der Waals surface area contributed by atoms with Gasteiger partial charge in [0.05, 0.1) is 12.0 Å². The van der Waals surface area contributed by atoms with Crippen molar-refractivity contribution >= 4 is 5.97 Å². The molecule has 0 aliphatic heterocycles. The highest BCUT2D eigenvalue weighted by Gasteiger charge is 2.03. The minimum Gasteiger partial charge on any atom is -0.481 e. The molecule has 0 bridgehead atoms. The molecule has 5 heteroatoms. The molecule has 1 unspecified atom stereocenters. The lowest BCUT2D eigenvalue weighted by Gasteiger charge is -2.12. The predicted octanol–water partition coefficient (Wildman–Crippen LogP) is 1.58. The number of rotatable bonds is 9. The van der Waals surface area contributed by atoms with Crippen molar-refractivity contribution in [1.29, 1.82) is 0 Å². The Balaban J connectivity index is 1.97. The fourth-order valence-electron chi connectivity index (χ4n) is 1.70. The maximum Gasteiger partial charge on any atom is 0.303 e. The van der Waals surface area contributed by atoms with Crippen molar-refractivity contribution in [2.75, 3.05) is 6.54 Å². The lowest BCUT2D eigenvalue weighted by Crippen LogP contribution is -2.28. The Kier molecular flexibility index (Phi) is 6.32. The van der Waals surface area contributed by atoms with E-state index in [4.69, 9.17) is 5.11 Å². The standard InChI is InChI=1S/C12H21N3O2/c1-10(4-2-3-5-12(16)17)14-7-6-11-8-13-9-15-11/h8-10,14H,2-7H2,1H3,(H,13,15)(H,16,17). The Morgan fingerprint density at radius 3 is 3.06 bits per heavy atom. The third-order valence-corrected chi connectivity index (χ3v) is 2.71. The molecule has 1 aromatic rings. The van der Waals surface area contributed by atoms with Gasteiger partial charge < -0.3 is 15.4 Å². The van der Waals surface area contributed by atoms with Crippen LogP contribution in [0.5, 0.6) is 0 Å². The average molecular weight is 239 g/mol. The highest BCUT2D eigenvalue weighted by Crippen LogP contribution is 2.03. The Labute approximate surface area is 102 Å². The predicted molar refractivity (Wildman–Crippen MR) is 65.9 cm³/mol. The van der Waals surface area contributed by atoms with E-state index in [9.17, 15) is 4.79 Å². The summed E-state index contributed by atoms with van der Waals surface area (Å²) in [6, 6.07) is 0.433. The first-order valence-electron chi connectivity index (χ1n) is 6.11. The monoisotopic (exact) mass is 239 g/mol. The molecular weight excluding hydrogens is 218 g/mol. The summed E-state index contributed by atoms with van der Waals surface area (Å²) in [5.74, 6) is -0.704. The maximum atomic E-state index is 10.3. The molecule has 1 heterocycles. The summed E-state index contributed by atoms with van der Waals surface area (Å²) in [5.41, 5.74) is 1.07. The molecule has 0 saturated carbocycles. The van der Waals surface area contributed by atoms with Crippen LogP contribution in [0.3, 0.4) is 0 Å². The summed E-state index contributed by atoms with van der Waals surface area (Å²) in [7, 11) is 0. The van der Waals surface area contributed by atoms with Gasteiger partial charge in [-0.1, -0.05) is 6.42 Å². The quantitative estimate of drug-likeness (QED) is 0.572. The second-order valence-corrected chi connectivity index (χ2v) is 4.31. The molecule has 1 aromatic heterocycles. The Morgan fingerprint density at radius 1 is 1.59 bits per heavy atom. The van der Waals surface area contributed by atoms with E-state index < -0.39 is 5.97 Å². The molecule has 0 saturated heterocycles. The Hall–Kier alpha value is -1.36. The van der Waals surface area contributed by atoms with Crippen LogP contribution in [0, 0.1) is 0 Å². The van der Waals surface area contributed by atoms with Crippen molar-refractivity contribution in [2.45, 2.75) is 45.1 Å². The summed E-state index contributed by atoms with van der Waals surface area (Å²) >= 11 is 0. The largest absolute Gasteiger partial charge is 0.481 e. The summed E-state index contributed by atoms with van der Waals surface area (Å²) in [6.45, 7) is 3.04. The van der Waals surface area contributed by atoms with Crippen molar-refractivity contribution in [3.63, 3.8) is 0 Å². The second-order valence-electron chi connectivity index (χ2n) is 4.31. The van der Waals surface area contributed by atoms with Gasteiger partial charge in [0, 0.05) is 31.6 Å². The summed E-state index contributed by atoms with van der Waals surface area (Å²) in [5, 5.41) is 11.9. The lowest BCUT2D eigenvalue weighted by molar-refractivity contribution is -0.137. The van der Waals surface area contributed by atoms with E-state index in [0.717, 1.165) is 37.9 Å². The number of carboxylic acids is 1. The smallest absolute Gasteiger partial charge is 0.303 e. The number of carbonyl (C=O) groups is 1. The van der Waals surface area contributed by atoms with E-state index in [1.165, 1.54) is 0 Å². The number of nitrogens with one attached hydrogen (secondary N) is 2. The number of aromatic amines is 1. The molecule has 1 atom stereocenters. The van der Waals surface area contributed by atoms with Crippen LogP contribution in [0.25, 0.3) is 0 Å². The Bertz CT molecular complexity index is 312. The molecule has 0 amide bonds. The van der Waals surface area contributed by atoms with Gasteiger partial charge in [0.25, 0.3) is 0 Å². The van der Waals surface area contributed by atoms with Crippen molar-refractivity contribution in [1.82, 2.24) is 15.3 Å². The number of nitrogens with zero attached hydrogens (tertiary/aromatic N) is 1. The SMILES string of the molecule is CC(CCCCC(=O)O)NCCc1c[nH]cn1. The highest BCUT2D eigenvalue weighted by molar-refractivity contribution is 5.66. The van der Waals surface area contributed by atoms with E-state index in [-0.39, 0.29) is 6.42 Å². The first-order chi connectivity index (χ1) is 8.18. The van der Waals surface area contributed by atoms with Crippen LogP contribution in [-0.4, -0.2) is 33.6 Å². The molecule has 3 N–H and O–H groups in total. The highest BCUT2D eigenvalue weighted by atomic mass is 16.4. The third-order valence-electron chi connectivity index (χ3n) is 2.71. The zero-order chi connectivity index (χ0) is 12.5. The Morgan fingerprint density at radius 2 is 2.41 bits per heavy atom. The number of aromatic nitrogens is 2. The van der Waals surface area contributed by atoms with E-state index in [1.54, 1.807) is 6.33 Å². The molecule has 0 aromatic carbocycles. The van der Waals surface area contributed by atoms with Crippen LogP contribution in [0.15, 0.2) is 12.5 Å². The topological polar surface area (TPSA) is 78.0 Å². The van der Waals surface area contributed by atoms with E-state index in [2.05, 4.69) is 22.2 Å². The first kappa shape index (κ1) is 13.7. The van der Waals surface area contributed by atoms with Gasteiger partial charge in [0.2, 0.25) is 0 Å². The molecule has 5 nitrogen and oxygen atoms in total. The van der Waals surface area contributed by atoms with Gasteiger partial charge in [0.15, 0.2) is 0 Å². The van der Waals surface area contributed by atoms with Crippen molar-refractivity contribution < 1.29 is 9.90 Å². The fourth-order valence-corrected chi connectivity index (χ4v) is 1.70. The van der Waals surface area contributed by atoms with Gasteiger partial charge in [-0.15, -0.1) is 0 Å². The van der Waals surface area contributed by atoms with Gasteiger partial charge in [-0.2, -0.15) is 0 Å². The normalized spacial score (nSPS) is 12.5. The fraction of sp³-hybridized carbons (Fsp3) is 0.667. The summed E-state index contributed by atoms with van der Waals surface area (Å²) in [6.07, 6.45) is 7.53. The van der Waals surface area contributed by atoms with Gasteiger partial charge in [-0.3, -0.25) is 4.79 Å². The molecule has 0 aliphatic carbocycles. The molecule has 0 aliphatic rings. The molecule has 0 radical (unpaired) electrons. The number of hydrogen-bond donors (Lipinski definition) is 3. The van der Waals surface area contributed by atoms with Crippen LogP contribution in [0.4, 0.5) is 0 Å². The van der Waals surface area contributed by atoms with Gasteiger partial charge in [-0.05, 0) is 19.8 Å². The molecule has 17 heavy (non-hydrogen) atoms. The maximum absolute atomic E-state index is 10.3. The van der Waals surface area contributed by atoms with E-state index in [0.29, 0.717) is 6.04 Å². The van der Waals surface area contributed by atoms with Crippen LogP contribution >= 0.6 is 0 Å². The minimum atomic E-state index is -0.704. The number of carboxylic acid groups (broad SMARTS) is 1. The van der Waals surface area contributed by atoms with Gasteiger partial charge in [-0.25, -0.2) is 4.98 Å². The molecule has 0 fully saturated rings. The van der Waals surface area contributed by atoms with Crippen LogP contribution in [0.2, 0.25) is 0 Å². The average Bonchev–Trinajstić information content (AvgIpc) is 2.77. The van der Waals surface area contributed by atoms with E-state index >= 15 is 0 Å². The molecule has 96 valence electrons. The molecular formula is C12H21N3O2.